The SMILES string of the molecule is COC(=O)c1ccc(COCc2ccncc2)nc1. The van der Waals surface area contributed by atoms with E-state index in [1.54, 1.807) is 24.5 Å². The molecule has 98 valence electrons. The van der Waals surface area contributed by atoms with Gasteiger partial charge in [-0.2, -0.15) is 0 Å². The van der Waals surface area contributed by atoms with Crippen LogP contribution in [0.3, 0.4) is 0 Å². The van der Waals surface area contributed by atoms with Crippen molar-refractivity contribution >= 4 is 5.97 Å². The molecule has 0 bridgehead atoms. The van der Waals surface area contributed by atoms with E-state index in [1.165, 1.54) is 13.3 Å². The number of carbonyl (C=O) groups is 1. The monoisotopic (exact) mass is 258 g/mol. The summed E-state index contributed by atoms with van der Waals surface area (Å²) in [7, 11) is 1.34. The molecule has 2 aromatic rings. The molecule has 2 rings (SSSR count). The van der Waals surface area contributed by atoms with Gasteiger partial charge in [0.1, 0.15) is 0 Å². The minimum Gasteiger partial charge on any atom is -0.465 e. The van der Waals surface area contributed by atoms with Gasteiger partial charge in [0.05, 0.1) is 31.6 Å². The van der Waals surface area contributed by atoms with E-state index in [0.29, 0.717) is 18.8 Å². The van der Waals surface area contributed by atoms with Crippen molar-refractivity contribution in [2.24, 2.45) is 0 Å². The van der Waals surface area contributed by atoms with E-state index in [4.69, 9.17) is 4.74 Å². The van der Waals surface area contributed by atoms with E-state index in [2.05, 4.69) is 14.7 Å². The lowest BCUT2D eigenvalue weighted by atomic mass is 10.2. The number of hydrogen-bond donors (Lipinski definition) is 0. The fourth-order valence-corrected chi connectivity index (χ4v) is 1.50. The van der Waals surface area contributed by atoms with E-state index >= 15 is 0 Å². The Labute approximate surface area is 111 Å². The highest BCUT2D eigenvalue weighted by atomic mass is 16.5. The van der Waals surface area contributed by atoms with E-state index in [9.17, 15) is 4.79 Å². The number of carbonyl (C=O) groups excluding carboxylic acids is 1. The molecule has 0 aliphatic carbocycles. The third-order valence-electron chi connectivity index (χ3n) is 2.51. The van der Waals surface area contributed by atoms with Gasteiger partial charge in [0, 0.05) is 18.6 Å². The molecule has 2 heterocycles. The van der Waals surface area contributed by atoms with Gasteiger partial charge < -0.3 is 9.47 Å². The number of hydrogen-bond acceptors (Lipinski definition) is 5. The lowest BCUT2D eigenvalue weighted by Crippen LogP contribution is -2.03. The van der Waals surface area contributed by atoms with Crippen molar-refractivity contribution in [2.45, 2.75) is 13.2 Å². The van der Waals surface area contributed by atoms with Gasteiger partial charge in [-0.3, -0.25) is 9.97 Å². The first-order valence-corrected chi connectivity index (χ1v) is 5.79. The summed E-state index contributed by atoms with van der Waals surface area (Å²) in [5.74, 6) is -0.392. The minimum absolute atomic E-state index is 0.392. The lowest BCUT2D eigenvalue weighted by molar-refractivity contribution is 0.0600. The second-order valence-corrected chi connectivity index (χ2v) is 3.88. The van der Waals surface area contributed by atoms with E-state index < -0.39 is 5.97 Å². The maximum atomic E-state index is 11.2. The van der Waals surface area contributed by atoms with Crippen molar-refractivity contribution in [1.82, 2.24) is 9.97 Å². The van der Waals surface area contributed by atoms with Gasteiger partial charge in [-0.15, -0.1) is 0 Å². The van der Waals surface area contributed by atoms with Gasteiger partial charge in [0.25, 0.3) is 0 Å². The largest absolute Gasteiger partial charge is 0.465 e. The van der Waals surface area contributed by atoms with Crippen LogP contribution in [0.25, 0.3) is 0 Å². The van der Waals surface area contributed by atoms with Crippen molar-refractivity contribution in [3.63, 3.8) is 0 Å². The molecule has 0 spiro atoms. The highest BCUT2D eigenvalue weighted by molar-refractivity contribution is 5.88. The van der Waals surface area contributed by atoms with Crippen LogP contribution >= 0.6 is 0 Å². The molecule has 0 N–H and O–H groups in total. The van der Waals surface area contributed by atoms with Crippen LogP contribution in [0.1, 0.15) is 21.6 Å². The third kappa shape index (κ3) is 3.86. The summed E-state index contributed by atoms with van der Waals surface area (Å²) in [4.78, 5) is 19.3. The number of ether oxygens (including phenoxy) is 2. The lowest BCUT2D eigenvalue weighted by Gasteiger charge is -2.04. The highest BCUT2D eigenvalue weighted by Crippen LogP contribution is 2.05. The van der Waals surface area contributed by atoms with Crippen molar-refractivity contribution in [1.29, 1.82) is 0 Å². The van der Waals surface area contributed by atoms with Gasteiger partial charge in [-0.1, -0.05) is 0 Å². The standard InChI is InChI=1S/C14H14N2O3/c1-18-14(17)12-2-3-13(16-8-12)10-19-9-11-4-6-15-7-5-11/h2-8H,9-10H2,1H3. The van der Waals surface area contributed by atoms with Crippen LogP contribution < -0.4 is 0 Å². The number of nitrogens with zero attached hydrogens (tertiary/aromatic N) is 2. The zero-order valence-corrected chi connectivity index (χ0v) is 10.6. The van der Waals surface area contributed by atoms with Crippen LogP contribution in [0.4, 0.5) is 0 Å². The first-order chi connectivity index (χ1) is 9.29. The molecule has 0 aliphatic heterocycles. The predicted octanol–water partition coefficient (Wildman–Crippen LogP) is 1.98. The molecule has 0 amide bonds. The van der Waals surface area contributed by atoms with Crippen LogP contribution in [0, 0.1) is 0 Å². The molecule has 19 heavy (non-hydrogen) atoms. The Morgan fingerprint density at radius 3 is 2.58 bits per heavy atom. The summed E-state index contributed by atoms with van der Waals surface area (Å²) in [5, 5.41) is 0. The molecule has 5 nitrogen and oxygen atoms in total. The van der Waals surface area contributed by atoms with E-state index in [-0.39, 0.29) is 0 Å². The summed E-state index contributed by atoms with van der Waals surface area (Å²) in [5.41, 5.74) is 2.25. The van der Waals surface area contributed by atoms with E-state index in [0.717, 1.165) is 11.3 Å². The Bertz CT molecular complexity index is 526. The number of rotatable bonds is 5. The average Bonchev–Trinajstić information content (AvgIpc) is 2.48. The Hall–Kier alpha value is -2.27. The van der Waals surface area contributed by atoms with Crippen molar-refractivity contribution < 1.29 is 14.3 Å². The van der Waals surface area contributed by atoms with Gasteiger partial charge in [-0.25, -0.2) is 4.79 Å². The maximum Gasteiger partial charge on any atom is 0.339 e. The third-order valence-corrected chi connectivity index (χ3v) is 2.51. The summed E-state index contributed by atoms with van der Waals surface area (Å²) in [6.07, 6.45) is 4.93. The first kappa shape index (κ1) is 13.2. The molecular weight excluding hydrogens is 244 g/mol. The Kier molecular flexibility index (Phi) is 4.58. The zero-order chi connectivity index (χ0) is 13.5. The summed E-state index contributed by atoms with van der Waals surface area (Å²) in [6, 6.07) is 7.21. The van der Waals surface area contributed by atoms with Crippen molar-refractivity contribution in [3.05, 3.63) is 59.7 Å². The van der Waals surface area contributed by atoms with Gasteiger partial charge >= 0.3 is 5.97 Å². The van der Waals surface area contributed by atoms with Crippen LogP contribution in [0.5, 0.6) is 0 Å². The quantitative estimate of drug-likeness (QED) is 0.767. The summed E-state index contributed by atoms with van der Waals surface area (Å²) in [6.45, 7) is 0.896. The topological polar surface area (TPSA) is 61.3 Å². The molecule has 0 atom stereocenters. The summed E-state index contributed by atoms with van der Waals surface area (Å²) >= 11 is 0. The fourth-order valence-electron chi connectivity index (χ4n) is 1.50. The number of pyridine rings is 2. The number of aromatic nitrogens is 2. The molecule has 0 saturated carbocycles. The average molecular weight is 258 g/mol. The van der Waals surface area contributed by atoms with Crippen LogP contribution in [0.15, 0.2) is 42.9 Å². The zero-order valence-electron chi connectivity index (χ0n) is 10.6. The second kappa shape index (κ2) is 6.61. The van der Waals surface area contributed by atoms with Gasteiger partial charge in [-0.05, 0) is 29.8 Å². The predicted molar refractivity (Wildman–Crippen MR) is 68.3 cm³/mol. The van der Waals surface area contributed by atoms with Crippen LogP contribution in [-0.2, 0) is 22.7 Å². The Morgan fingerprint density at radius 2 is 1.95 bits per heavy atom. The molecule has 2 aromatic heterocycles. The van der Waals surface area contributed by atoms with Crippen molar-refractivity contribution in [3.8, 4) is 0 Å². The molecule has 0 aromatic carbocycles. The number of methoxy groups -OCH3 is 1. The fraction of sp³-hybridized carbons (Fsp3) is 0.214. The van der Waals surface area contributed by atoms with Crippen LogP contribution in [0.2, 0.25) is 0 Å². The van der Waals surface area contributed by atoms with E-state index in [1.807, 2.05) is 12.1 Å². The van der Waals surface area contributed by atoms with Crippen LogP contribution in [-0.4, -0.2) is 23.0 Å². The minimum atomic E-state index is -0.392. The van der Waals surface area contributed by atoms with Gasteiger partial charge in [0.15, 0.2) is 0 Å². The van der Waals surface area contributed by atoms with Gasteiger partial charge in [0.2, 0.25) is 0 Å². The smallest absolute Gasteiger partial charge is 0.339 e. The molecule has 0 fully saturated rings. The Morgan fingerprint density at radius 1 is 1.16 bits per heavy atom. The van der Waals surface area contributed by atoms with Crippen molar-refractivity contribution in [2.75, 3.05) is 7.11 Å². The molecule has 0 saturated heterocycles. The molecule has 0 unspecified atom stereocenters. The summed E-state index contributed by atoms with van der Waals surface area (Å²) < 4.78 is 10.1. The second-order valence-electron chi connectivity index (χ2n) is 3.88. The molecule has 0 radical (unpaired) electrons. The molecular formula is C14H14N2O3. The molecule has 5 heteroatoms. The highest BCUT2D eigenvalue weighted by Gasteiger charge is 2.05. The number of esters is 1. The molecule has 0 aliphatic rings. The Balaban J connectivity index is 1.85. The normalized spacial score (nSPS) is 10.2. The maximum absolute atomic E-state index is 11.2. The first-order valence-electron chi connectivity index (χ1n) is 5.79.